The van der Waals surface area contributed by atoms with Crippen molar-refractivity contribution in [1.29, 1.82) is 0 Å². The number of sulfonamides is 6. The Hall–Kier alpha value is -1.60. The first kappa shape index (κ1) is 36.4. The minimum Gasteiger partial charge on any atom is -0.281 e. The Morgan fingerprint density at radius 3 is 1.68 bits per heavy atom. The Kier molecular flexibility index (Phi) is 12.0. The van der Waals surface area contributed by atoms with Crippen molar-refractivity contribution < 1.29 is 50.5 Å². The van der Waals surface area contributed by atoms with Crippen molar-refractivity contribution in [2.24, 2.45) is 0 Å². The number of nitrogens with zero attached hydrogens (tertiary/aromatic N) is 2. The van der Waals surface area contributed by atoms with Crippen LogP contribution in [0.2, 0.25) is 0 Å². The summed E-state index contributed by atoms with van der Waals surface area (Å²) < 4.78 is 155. The normalized spacial score (nSPS) is 14.0. The average Bonchev–Trinajstić information content (AvgIpc) is 2.76. The van der Waals surface area contributed by atoms with E-state index in [9.17, 15) is 50.5 Å². The molecule has 23 heteroatoms. The zero-order chi connectivity index (χ0) is 31.4. The molecule has 0 radical (unpaired) electrons. The predicted molar refractivity (Wildman–Crippen MR) is 150 cm³/mol. The molecule has 1 aromatic carbocycles. The number of nitrogens with one attached hydrogen (secondary N) is 3. The van der Waals surface area contributed by atoms with E-state index in [-0.39, 0.29) is 25.4 Å². The van der Waals surface area contributed by atoms with E-state index in [4.69, 9.17) is 0 Å². The quantitative estimate of drug-likeness (QED) is 0.173. The summed E-state index contributed by atoms with van der Waals surface area (Å²) in [7, 11) is -29.1. The molecule has 0 aliphatic carbocycles. The third-order valence-electron chi connectivity index (χ3n) is 4.61. The highest BCUT2D eigenvalue weighted by atomic mass is 32.3. The van der Waals surface area contributed by atoms with Crippen LogP contribution >= 0.6 is 0 Å². The SMILES string of the molecule is CCCCS(=O)(=O)NN(N(S(C)(=O)=O)S(C)(=O)=O)S(=O)(=O)c1cccc(NS(=O)(=O)CC)c1NS(=O)(=O)CCC. The van der Waals surface area contributed by atoms with Gasteiger partial charge in [0.2, 0.25) is 50.1 Å². The molecule has 40 heavy (non-hydrogen) atoms. The van der Waals surface area contributed by atoms with Gasteiger partial charge < -0.3 is 0 Å². The van der Waals surface area contributed by atoms with E-state index in [0.717, 1.165) is 12.1 Å². The molecule has 0 aromatic heterocycles. The van der Waals surface area contributed by atoms with Crippen molar-refractivity contribution in [3.05, 3.63) is 18.2 Å². The predicted octanol–water partition coefficient (Wildman–Crippen LogP) is -0.639. The summed E-state index contributed by atoms with van der Waals surface area (Å²) >= 11 is 0. The number of hydrazine groups is 2. The highest BCUT2D eigenvalue weighted by Gasteiger charge is 2.45. The van der Waals surface area contributed by atoms with Crippen molar-refractivity contribution in [2.45, 2.75) is 44.9 Å². The maximum atomic E-state index is 13.9. The molecule has 0 saturated carbocycles. The Labute approximate surface area is 236 Å². The molecule has 3 N–H and O–H groups in total. The first-order valence-corrected chi connectivity index (χ1v) is 21.4. The fraction of sp³-hybridized carbons (Fsp3) is 0.647. The fourth-order valence-electron chi connectivity index (χ4n) is 2.93. The van der Waals surface area contributed by atoms with Crippen LogP contribution < -0.4 is 14.3 Å². The van der Waals surface area contributed by atoms with Crippen LogP contribution in [0.5, 0.6) is 0 Å². The van der Waals surface area contributed by atoms with Crippen molar-refractivity contribution in [2.75, 3.05) is 39.2 Å². The summed E-state index contributed by atoms with van der Waals surface area (Å²) in [5.74, 6) is -1.83. The second-order valence-corrected chi connectivity index (χ2v) is 19.6. The van der Waals surface area contributed by atoms with Gasteiger partial charge in [-0.15, -0.1) is 4.83 Å². The molecule has 0 bridgehead atoms. The molecule has 17 nitrogen and oxygen atoms in total. The summed E-state index contributed by atoms with van der Waals surface area (Å²) in [6, 6.07) is 2.61. The maximum absolute atomic E-state index is 13.9. The average molecular weight is 692 g/mol. The number of unbranched alkanes of at least 4 members (excludes halogenated alkanes) is 1. The lowest BCUT2D eigenvalue weighted by molar-refractivity contribution is 0.228. The summed E-state index contributed by atoms with van der Waals surface area (Å²) in [6.07, 6.45) is 0.885. The molecule has 0 saturated heterocycles. The van der Waals surface area contributed by atoms with Gasteiger partial charge in [-0.3, -0.25) is 9.44 Å². The molecule has 0 fully saturated rings. The molecule has 0 heterocycles. The van der Waals surface area contributed by atoms with Gasteiger partial charge in [-0.2, -0.15) is 0 Å². The minimum atomic E-state index is -5.68. The number of anilines is 2. The molecule has 234 valence electrons. The molecule has 0 amide bonds. The summed E-state index contributed by atoms with van der Waals surface area (Å²) in [6.45, 7) is 4.30. The number of rotatable bonds is 17. The smallest absolute Gasteiger partial charge is 0.274 e. The van der Waals surface area contributed by atoms with Crippen LogP contribution in [-0.2, 0) is 60.1 Å². The van der Waals surface area contributed by atoms with Gasteiger partial charge in [0.25, 0.3) is 10.0 Å². The number of hydrogen-bond donors (Lipinski definition) is 3. The van der Waals surface area contributed by atoms with E-state index in [1.165, 1.54) is 18.7 Å². The van der Waals surface area contributed by atoms with Gasteiger partial charge in [-0.05, 0) is 36.4 Å². The zero-order valence-corrected chi connectivity index (χ0v) is 27.1. The number of hydrogen-bond acceptors (Lipinski definition) is 12. The van der Waals surface area contributed by atoms with Crippen LogP contribution in [0.1, 0.15) is 40.0 Å². The second-order valence-electron chi connectivity index (χ2n) is 8.32. The van der Waals surface area contributed by atoms with Crippen LogP contribution in [0.25, 0.3) is 0 Å². The van der Waals surface area contributed by atoms with Crippen molar-refractivity contribution >= 4 is 71.5 Å². The lowest BCUT2D eigenvalue weighted by Crippen LogP contribution is -2.59. The summed E-state index contributed by atoms with van der Waals surface area (Å²) in [5, 5.41) is 0. The topological polar surface area (TPSA) is 247 Å². The first-order valence-electron chi connectivity index (χ1n) is 11.3. The molecular weight excluding hydrogens is 659 g/mol. The molecule has 1 aromatic rings. The van der Waals surface area contributed by atoms with Crippen LogP contribution in [0.3, 0.4) is 0 Å². The van der Waals surface area contributed by atoms with E-state index < -0.39 is 102 Å². The van der Waals surface area contributed by atoms with Gasteiger partial charge in [-0.1, -0.05) is 26.3 Å². The second kappa shape index (κ2) is 13.1. The maximum Gasteiger partial charge on any atom is 0.274 e. The Bertz CT molecular complexity index is 1690. The standard InChI is InChI=1S/C17H33N5O12S6/c1-6-9-14-39(31,32)20-21(22(35(4,23)24)36(5,25)26)40(33,34)16-12-10-11-15(18-37(27,28)8-3)17(16)19-38(29,30)13-7-2/h10-12,18-20H,6-9,13-14H2,1-5H3. The third-order valence-corrected chi connectivity index (χ3v) is 13.7. The van der Waals surface area contributed by atoms with E-state index in [1.807, 2.05) is 9.44 Å². The minimum absolute atomic E-state index is 0.0304. The number of para-hydroxylation sites is 1. The fourth-order valence-corrected chi connectivity index (χ4v) is 11.6. The Balaban J connectivity index is 4.20. The highest BCUT2D eigenvalue weighted by molar-refractivity contribution is 8.04. The molecule has 0 atom stereocenters. The molecule has 0 aliphatic heterocycles. The van der Waals surface area contributed by atoms with E-state index in [0.29, 0.717) is 12.5 Å². The van der Waals surface area contributed by atoms with E-state index in [1.54, 1.807) is 6.92 Å². The van der Waals surface area contributed by atoms with E-state index in [2.05, 4.69) is 0 Å². The molecular formula is C17H33N5O12S6. The van der Waals surface area contributed by atoms with Gasteiger partial charge in [-0.25, -0.2) is 50.5 Å². The Morgan fingerprint density at radius 2 is 1.23 bits per heavy atom. The van der Waals surface area contributed by atoms with Crippen LogP contribution in [0.4, 0.5) is 11.4 Å². The van der Waals surface area contributed by atoms with Crippen molar-refractivity contribution in [3.63, 3.8) is 0 Å². The van der Waals surface area contributed by atoms with Gasteiger partial charge in [0, 0.05) is 3.82 Å². The van der Waals surface area contributed by atoms with E-state index >= 15 is 0 Å². The van der Waals surface area contributed by atoms with Crippen LogP contribution in [0, 0.1) is 0 Å². The molecule has 0 aliphatic rings. The van der Waals surface area contributed by atoms with Crippen LogP contribution in [-0.4, -0.2) is 88.6 Å². The van der Waals surface area contributed by atoms with Crippen molar-refractivity contribution in [3.8, 4) is 0 Å². The zero-order valence-electron chi connectivity index (χ0n) is 22.2. The van der Waals surface area contributed by atoms with Gasteiger partial charge in [0.05, 0.1) is 41.1 Å². The molecule has 0 unspecified atom stereocenters. The summed E-state index contributed by atoms with van der Waals surface area (Å²) in [5.41, 5.74) is -1.56. The highest BCUT2D eigenvalue weighted by Crippen LogP contribution is 2.34. The van der Waals surface area contributed by atoms with Gasteiger partial charge in [0.15, 0.2) is 0 Å². The van der Waals surface area contributed by atoms with Crippen LogP contribution in [0.15, 0.2) is 23.1 Å². The monoisotopic (exact) mass is 691 g/mol. The van der Waals surface area contributed by atoms with Crippen molar-refractivity contribution in [1.82, 2.24) is 13.2 Å². The Morgan fingerprint density at radius 1 is 0.675 bits per heavy atom. The lowest BCUT2D eigenvalue weighted by atomic mass is 10.3. The van der Waals surface area contributed by atoms with Gasteiger partial charge in [0.1, 0.15) is 4.90 Å². The van der Waals surface area contributed by atoms with Gasteiger partial charge >= 0.3 is 0 Å². The molecule has 1 rings (SSSR count). The number of benzene rings is 1. The largest absolute Gasteiger partial charge is 0.281 e. The summed E-state index contributed by atoms with van der Waals surface area (Å²) in [4.78, 5) is 0.262. The lowest BCUT2D eigenvalue weighted by Gasteiger charge is -2.30. The third kappa shape index (κ3) is 10.0. The first-order chi connectivity index (χ1) is 17.9. The molecule has 0 spiro atoms.